The van der Waals surface area contributed by atoms with Gasteiger partial charge in [0, 0.05) is 49.4 Å². The van der Waals surface area contributed by atoms with E-state index in [0.717, 1.165) is 31.0 Å². The Bertz CT molecular complexity index is 1240. The van der Waals surface area contributed by atoms with Crippen LogP contribution in [-0.2, 0) is 0 Å². The van der Waals surface area contributed by atoms with Gasteiger partial charge in [-0.1, -0.05) is 6.92 Å². The number of aromatic nitrogens is 3. The maximum Gasteiger partial charge on any atom is 0.226 e. The van der Waals surface area contributed by atoms with E-state index < -0.39 is 0 Å². The lowest BCUT2D eigenvalue weighted by Crippen LogP contribution is -2.39. The molecule has 1 fully saturated rings. The summed E-state index contributed by atoms with van der Waals surface area (Å²) in [5.74, 6) is 3.87. The Labute approximate surface area is 202 Å². The average molecular weight is 476 g/mol. The summed E-state index contributed by atoms with van der Waals surface area (Å²) in [6, 6.07) is 4.51. The Balaban J connectivity index is 1.76. The third-order valence-corrected chi connectivity index (χ3v) is 6.58. The molecule has 4 rings (SSSR count). The van der Waals surface area contributed by atoms with Gasteiger partial charge in [-0.05, 0) is 19.4 Å². The van der Waals surface area contributed by atoms with Gasteiger partial charge in [0.2, 0.25) is 5.96 Å². The molecule has 0 aromatic carbocycles. The van der Waals surface area contributed by atoms with Crippen LogP contribution >= 0.6 is 11.8 Å². The van der Waals surface area contributed by atoms with Crippen molar-refractivity contribution in [3.8, 4) is 12.1 Å². The van der Waals surface area contributed by atoms with Crippen molar-refractivity contribution in [3.63, 3.8) is 0 Å². The number of pyridine rings is 1. The van der Waals surface area contributed by atoms with Crippen molar-refractivity contribution in [1.29, 1.82) is 10.5 Å². The number of anilines is 2. The van der Waals surface area contributed by atoms with E-state index in [-0.39, 0.29) is 17.4 Å². The molecule has 2 aromatic heterocycles. The first-order valence-corrected chi connectivity index (χ1v) is 12.1. The number of azo groups is 1. The van der Waals surface area contributed by atoms with Crippen molar-refractivity contribution in [3.05, 3.63) is 35.2 Å². The fourth-order valence-corrected chi connectivity index (χ4v) is 4.61. The predicted octanol–water partition coefficient (Wildman–Crippen LogP) is 3.44. The lowest BCUT2D eigenvalue weighted by molar-refractivity contribution is 0.666. The number of nitrogens with zero attached hydrogens (tertiary/aromatic N) is 9. The molecule has 0 amide bonds. The monoisotopic (exact) mass is 475 g/mol. The van der Waals surface area contributed by atoms with E-state index in [4.69, 9.17) is 4.98 Å². The van der Waals surface area contributed by atoms with Crippen LogP contribution in [-0.4, -0.2) is 58.4 Å². The Hall–Kier alpha value is -3.90. The number of nitriles is 2. The molecule has 0 aliphatic carbocycles. The minimum Gasteiger partial charge on any atom is -0.371 e. The van der Waals surface area contributed by atoms with Gasteiger partial charge in [0.25, 0.3) is 0 Å². The van der Waals surface area contributed by atoms with Crippen LogP contribution in [0.5, 0.6) is 0 Å². The maximum absolute atomic E-state index is 9.91. The van der Waals surface area contributed by atoms with Gasteiger partial charge in [-0.2, -0.15) is 32.1 Å². The fourth-order valence-electron chi connectivity index (χ4n) is 3.71. The van der Waals surface area contributed by atoms with Crippen molar-refractivity contribution >= 4 is 40.9 Å². The molecule has 1 unspecified atom stereocenters. The highest BCUT2D eigenvalue weighted by atomic mass is 32.2. The third kappa shape index (κ3) is 4.45. The number of nitrogens with one attached hydrogen (secondary N) is 2. The lowest BCUT2D eigenvalue weighted by Gasteiger charge is -2.29. The molecular weight excluding hydrogens is 450 g/mol. The van der Waals surface area contributed by atoms with Gasteiger partial charge < -0.3 is 15.5 Å². The van der Waals surface area contributed by atoms with Crippen LogP contribution in [0.3, 0.4) is 0 Å². The molecule has 2 N–H and O–H groups in total. The Morgan fingerprint density at radius 2 is 2.06 bits per heavy atom. The second kappa shape index (κ2) is 10.4. The first kappa shape index (κ1) is 23.3. The van der Waals surface area contributed by atoms with Crippen molar-refractivity contribution in [1.82, 2.24) is 20.1 Å². The van der Waals surface area contributed by atoms with Gasteiger partial charge in [-0.3, -0.25) is 0 Å². The lowest BCUT2D eigenvalue weighted by atomic mass is 10.1. The summed E-state index contributed by atoms with van der Waals surface area (Å²) in [5.41, 5.74) is 1.85. The van der Waals surface area contributed by atoms with E-state index in [2.05, 4.69) is 54.9 Å². The fraction of sp³-hybridized carbons (Fsp3) is 0.409. The number of hydrogen-bond acceptors (Lipinski definition) is 11. The highest BCUT2D eigenvalue weighted by Crippen LogP contribution is 2.36. The Morgan fingerprint density at radius 3 is 2.74 bits per heavy atom. The third-order valence-electron chi connectivity index (χ3n) is 5.63. The zero-order valence-electron chi connectivity index (χ0n) is 19.3. The summed E-state index contributed by atoms with van der Waals surface area (Å²) in [6.45, 7) is 5.57. The van der Waals surface area contributed by atoms with E-state index >= 15 is 0 Å². The van der Waals surface area contributed by atoms with Gasteiger partial charge in [0.05, 0.1) is 11.8 Å². The molecular formula is C22H25N11S. The summed E-state index contributed by atoms with van der Waals surface area (Å²) in [7, 11) is 1.76. The van der Waals surface area contributed by atoms with Crippen LogP contribution in [0.4, 0.5) is 23.1 Å². The van der Waals surface area contributed by atoms with Crippen LogP contribution < -0.4 is 15.5 Å². The first-order valence-electron chi connectivity index (χ1n) is 11.0. The predicted molar refractivity (Wildman–Crippen MR) is 133 cm³/mol. The van der Waals surface area contributed by atoms with E-state index in [1.54, 1.807) is 13.2 Å². The summed E-state index contributed by atoms with van der Waals surface area (Å²) >= 11 is 1.89. The SMILES string of the molecule is CCC1C=CN=C(n2ncc(C#N)c2/N=N/c2c(NC)nc(N3CCSCC3)c(C#N)c2C)N1. The van der Waals surface area contributed by atoms with E-state index in [1.165, 1.54) is 10.9 Å². The summed E-state index contributed by atoms with van der Waals surface area (Å²) < 4.78 is 1.46. The molecule has 2 aliphatic rings. The number of hydrogen-bond donors (Lipinski definition) is 2. The zero-order valence-corrected chi connectivity index (χ0v) is 20.1. The molecule has 0 saturated carbocycles. The van der Waals surface area contributed by atoms with Crippen molar-refractivity contribution < 1.29 is 0 Å². The van der Waals surface area contributed by atoms with Crippen LogP contribution in [0.15, 0.2) is 33.7 Å². The molecule has 0 radical (unpaired) electrons. The van der Waals surface area contributed by atoms with Crippen molar-refractivity contribution in [2.24, 2.45) is 15.2 Å². The summed E-state index contributed by atoms with van der Waals surface area (Å²) in [4.78, 5) is 11.2. The average Bonchev–Trinajstić information content (AvgIpc) is 3.30. The van der Waals surface area contributed by atoms with Crippen molar-refractivity contribution in [2.45, 2.75) is 26.3 Å². The molecule has 34 heavy (non-hydrogen) atoms. The van der Waals surface area contributed by atoms with Crippen molar-refractivity contribution in [2.75, 3.05) is 41.9 Å². The smallest absolute Gasteiger partial charge is 0.226 e. The van der Waals surface area contributed by atoms with Gasteiger partial charge in [0.1, 0.15) is 29.2 Å². The van der Waals surface area contributed by atoms with Gasteiger partial charge in [-0.25, -0.2) is 9.98 Å². The van der Waals surface area contributed by atoms with Crippen LogP contribution in [0.2, 0.25) is 0 Å². The highest BCUT2D eigenvalue weighted by molar-refractivity contribution is 7.99. The highest BCUT2D eigenvalue weighted by Gasteiger charge is 2.23. The van der Waals surface area contributed by atoms with Crippen LogP contribution in [0.1, 0.15) is 30.0 Å². The number of rotatable bonds is 5. The van der Waals surface area contributed by atoms with Crippen LogP contribution in [0.25, 0.3) is 0 Å². The molecule has 0 spiro atoms. The molecule has 1 atom stereocenters. The molecule has 2 aromatic rings. The second-order valence-corrected chi connectivity index (χ2v) is 8.88. The minimum atomic E-state index is 0.105. The molecule has 2 aliphatic heterocycles. The topological polar surface area (TPSA) is 143 Å². The number of thioether (sulfide) groups is 1. The Kier molecular flexibility index (Phi) is 7.09. The van der Waals surface area contributed by atoms with Crippen LogP contribution in [0, 0.1) is 29.6 Å². The maximum atomic E-state index is 9.91. The molecule has 11 nitrogen and oxygen atoms in total. The quantitative estimate of drug-likeness (QED) is 0.626. The second-order valence-electron chi connectivity index (χ2n) is 7.65. The zero-order chi connectivity index (χ0) is 24.1. The summed E-state index contributed by atoms with van der Waals surface area (Å²) in [6.07, 6.45) is 5.96. The van der Waals surface area contributed by atoms with E-state index in [0.29, 0.717) is 34.4 Å². The number of aliphatic imine (C=N–C) groups is 1. The summed E-state index contributed by atoms with van der Waals surface area (Å²) in [5, 5.41) is 38.9. The van der Waals surface area contributed by atoms with Gasteiger partial charge >= 0.3 is 0 Å². The normalized spacial score (nSPS) is 17.7. The molecule has 1 saturated heterocycles. The molecule has 4 heterocycles. The first-order chi connectivity index (χ1) is 16.6. The molecule has 174 valence electrons. The van der Waals surface area contributed by atoms with E-state index in [1.807, 2.05) is 24.8 Å². The molecule has 0 bridgehead atoms. The van der Waals surface area contributed by atoms with Gasteiger partial charge in [0.15, 0.2) is 11.6 Å². The standard InChI is InChI=1S/C22H25N11S/c1-4-16-5-6-26-22(28-16)33-20(15(11-23)13-27-33)31-30-18-14(2)17(12-24)21(29-19(18)25-3)32-7-9-34-10-8-32/h5-6,13,16H,4,7-10H2,1-3H3,(H,25,29)(H,26,28)/b31-30+. The Morgan fingerprint density at radius 1 is 1.26 bits per heavy atom. The largest absolute Gasteiger partial charge is 0.371 e. The van der Waals surface area contributed by atoms with Gasteiger partial charge in [-0.15, -0.1) is 10.2 Å². The molecule has 12 heteroatoms. The minimum absolute atomic E-state index is 0.105. The van der Waals surface area contributed by atoms with E-state index in [9.17, 15) is 10.5 Å².